The molecule has 0 radical (unpaired) electrons. The van der Waals surface area contributed by atoms with E-state index >= 15 is 0 Å². The van der Waals surface area contributed by atoms with Gasteiger partial charge in [0.2, 0.25) is 5.91 Å². The van der Waals surface area contributed by atoms with Crippen LogP contribution in [0.1, 0.15) is 35.8 Å². The van der Waals surface area contributed by atoms with Crippen LogP contribution in [0.4, 0.5) is 0 Å². The molecular weight excluding hydrogens is 378 g/mol. The number of hydrogen-bond donors (Lipinski definition) is 3. The predicted octanol–water partition coefficient (Wildman–Crippen LogP) is 2.70. The first-order chi connectivity index (χ1) is 13.0. The molecule has 2 rings (SSSR count). The molecule has 0 spiro atoms. The average Bonchev–Trinajstić information content (AvgIpc) is 2.71. The highest BCUT2D eigenvalue weighted by Crippen LogP contribution is 2.16. The van der Waals surface area contributed by atoms with Crippen molar-refractivity contribution >= 4 is 24.2 Å². The number of halogens is 1. The summed E-state index contributed by atoms with van der Waals surface area (Å²) in [5, 5.41) is 8.98. The maximum atomic E-state index is 12.7. The minimum atomic E-state index is -0.769. The van der Waals surface area contributed by atoms with E-state index in [2.05, 4.69) is 16.0 Å². The van der Waals surface area contributed by atoms with Gasteiger partial charge in [0.15, 0.2) is 0 Å². The number of methoxy groups -OCH3 is 1. The van der Waals surface area contributed by atoms with Gasteiger partial charge in [-0.05, 0) is 43.3 Å². The van der Waals surface area contributed by atoms with E-state index in [9.17, 15) is 9.59 Å². The largest absolute Gasteiger partial charge is 0.497 e. The molecule has 0 fully saturated rings. The molecule has 0 aliphatic carbocycles. The fourth-order valence-corrected chi connectivity index (χ4v) is 2.68. The second-order valence-corrected chi connectivity index (χ2v) is 6.25. The summed E-state index contributed by atoms with van der Waals surface area (Å²) in [7, 11) is 1.57. The van der Waals surface area contributed by atoms with E-state index < -0.39 is 6.04 Å². The van der Waals surface area contributed by atoms with Crippen molar-refractivity contribution in [2.45, 2.75) is 25.9 Å². The van der Waals surface area contributed by atoms with Crippen molar-refractivity contribution in [3.8, 4) is 5.75 Å². The summed E-state index contributed by atoms with van der Waals surface area (Å²) in [5.41, 5.74) is 1.19. The van der Waals surface area contributed by atoms with Crippen LogP contribution in [0.2, 0.25) is 0 Å². The molecule has 2 aromatic rings. The lowest BCUT2D eigenvalue weighted by Crippen LogP contribution is -2.45. The van der Waals surface area contributed by atoms with Crippen LogP contribution in [0.3, 0.4) is 0 Å². The summed E-state index contributed by atoms with van der Waals surface area (Å²) in [6, 6.07) is 15.3. The quantitative estimate of drug-likeness (QED) is 0.599. The molecule has 152 valence electrons. The van der Waals surface area contributed by atoms with Gasteiger partial charge < -0.3 is 20.7 Å². The molecule has 2 amide bonds. The zero-order valence-electron chi connectivity index (χ0n) is 16.4. The first-order valence-corrected chi connectivity index (χ1v) is 9.06. The van der Waals surface area contributed by atoms with E-state index in [0.717, 1.165) is 12.1 Å². The lowest BCUT2D eigenvalue weighted by atomic mass is 10.1. The predicted molar refractivity (Wildman–Crippen MR) is 113 cm³/mol. The average molecular weight is 406 g/mol. The lowest BCUT2D eigenvalue weighted by Gasteiger charge is -2.21. The van der Waals surface area contributed by atoms with Gasteiger partial charge in [-0.3, -0.25) is 9.59 Å². The van der Waals surface area contributed by atoms with Gasteiger partial charge in [0, 0.05) is 18.2 Å². The molecular formula is C21H28ClN3O3. The SMILES string of the molecule is CCN[C@H](C)CNC(=O)C(NC(=O)c1ccc(OC)cc1)c1ccccc1.Cl. The highest BCUT2D eigenvalue weighted by atomic mass is 35.5. The third-order valence-corrected chi connectivity index (χ3v) is 4.16. The van der Waals surface area contributed by atoms with Crippen LogP contribution < -0.4 is 20.7 Å². The molecule has 28 heavy (non-hydrogen) atoms. The number of rotatable bonds is 9. The maximum absolute atomic E-state index is 12.7. The van der Waals surface area contributed by atoms with Gasteiger partial charge in [0.25, 0.3) is 5.91 Å². The second kappa shape index (κ2) is 12.0. The third-order valence-electron chi connectivity index (χ3n) is 4.16. The monoisotopic (exact) mass is 405 g/mol. The molecule has 0 aromatic heterocycles. The molecule has 3 N–H and O–H groups in total. The number of benzene rings is 2. The summed E-state index contributed by atoms with van der Waals surface area (Å²) < 4.78 is 5.11. The molecule has 0 aliphatic heterocycles. The van der Waals surface area contributed by atoms with Crippen LogP contribution in [-0.2, 0) is 4.79 Å². The van der Waals surface area contributed by atoms with Crippen LogP contribution >= 0.6 is 12.4 Å². The number of carbonyl (C=O) groups is 2. The van der Waals surface area contributed by atoms with Crippen molar-refractivity contribution < 1.29 is 14.3 Å². The lowest BCUT2D eigenvalue weighted by molar-refractivity contribution is -0.123. The number of nitrogens with one attached hydrogen (secondary N) is 3. The van der Waals surface area contributed by atoms with E-state index in [4.69, 9.17) is 4.74 Å². The zero-order valence-corrected chi connectivity index (χ0v) is 17.2. The van der Waals surface area contributed by atoms with Crippen LogP contribution in [0.5, 0.6) is 5.75 Å². The molecule has 0 aliphatic rings. The van der Waals surface area contributed by atoms with Crippen molar-refractivity contribution in [3.63, 3.8) is 0 Å². The fourth-order valence-electron chi connectivity index (χ4n) is 2.68. The number of amides is 2. The fraction of sp³-hybridized carbons (Fsp3) is 0.333. The van der Waals surface area contributed by atoms with E-state index in [-0.39, 0.29) is 30.3 Å². The number of ether oxygens (including phenoxy) is 1. The summed E-state index contributed by atoms with van der Waals surface area (Å²) in [5.74, 6) is 0.107. The highest BCUT2D eigenvalue weighted by Gasteiger charge is 2.23. The van der Waals surface area contributed by atoms with Gasteiger partial charge in [0.05, 0.1) is 7.11 Å². The molecule has 6 nitrogen and oxygen atoms in total. The highest BCUT2D eigenvalue weighted by molar-refractivity contribution is 5.98. The molecule has 1 unspecified atom stereocenters. The van der Waals surface area contributed by atoms with Crippen molar-refractivity contribution in [3.05, 3.63) is 65.7 Å². The topological polar surface area (TPSA) is 79.5 Å². The number of carbonyl (C=O) groups excluding carboxylic acids is 2. The Bertz CT molecular complexity index is 738. The number of hydrogen-bond acceptors (Lipinski definition) is 4. The molecule has 0 heterocycles. The van der Waals surface area contributed by atoms with Crippen molar-refractivity contribution in [2.24, 2.45) is 0 Å². The Labute approximate surface area is 172 Å². The van der Waals surface area contributed by atoms with E-state index in [1.807, 2.05) is 44.2 Å². The first kappa shape index (κ1) is 23.5. The molecule has 2 atom stereocenters. The Morgan fingerprint density at radius 2 is 1.68 bits per heavy atom. The van der Waals surface area contributed by atoms with Gasteiger partial charge in [0.1, 0.15) is 11.8 Å². The Kier molecular flexibility index (Phi) is 10.1. The van der Waals surface area contributed by atoms with Crippen LogP contribution in [0, 0.1) is 0 Å². The van der Waals surface area contributed by atoms with Crippen molar-refractivity contribution in [2.75, 3.05) is 20.2 Å². The molecule has 0 saturated carbocycles. The Hall–Kier alpha value is -2.57. The van der Waals surface area contributed by atoms with Crippen LogP contribution in [0.15, 0.2) is 54.6 Å². The van der Waals surface area contributed by atoms with Gasteiger partial charge in [-0.2, -0.15) is 0 Å². The van der Waals surface area contributed by atoms with Crippen LogP contribution in [0.25, 0.3) is 0 Å². The summed E-state index contributed by atoms with van der Waals surface area (Å²) >= 11 is 0. The molecule has 0 saturated heterocycles. The Balaban J connectivity index is 0.00000392. The molecule has 7 heteroatoms. The minimum Gasteiger partial charge on any atom is -0.497 e. The van der Waals surface area contributed by atoms with Crippen molar-refractivity contribution in [1.29, 1.82) is 0 Å². The normalized spacial score (nSPS) is 12.2. The molecule has 2 aromatic carbocycles. The van der Waals surface area contributed by atoms with Gasteiger partial charge >= 0.3 is 0 Å². The third kappa shape index (κ3) is 6.87. The standard InChI is InChI=1S/C21H27N3O3.ClH/c1-4-22-15(2)14-23-21(26)19(16-8-6-5-7-9-16)24-20(25)17-10-12-18(27-3)13-11-17;/h5-13,15,19,22H,4,14H2,1-3H3,(H,23,26)(H,24,25);1H/t15-,19?;/m1./s1. The van der Waals surface area contributed by atoms with E-state index in [0.29, 0.717) is 17.9 Å². The molecule has 0 bridgehead atoms. The summed E-state index contributed by atoms with van der Waals surface area (Å²) in [6.45, 7) is 5.32. The Morgan fingerprint density at radius 3 is 2.25 bits per heavy atom. The second-order valence-electron chi connectivity index (χ2n) is 6.25. The van der Waals surface area contributed by atoms with Crippen LogP contribution in [-0.4, -0.2) is 38.1 Å². The maximum Gasteiger partial charge on any atom is 0.252 e. The van der Waals surface area contributed by atoms with Gasteiger partial charge in [-0.15, -0.1) is 12.4 Å². The summed E-state index contributed by atoms with van der Waals surface area (Å²) in [6.07, 6.45) is 0. The zero-order chi connectivity index (χ0) is 19.6. The van der Waals surface area contributed by atoms with E-state index in [1.165, 1.54) is 0 Å². The van der Waals surface area contributed by atoms with Gasteiger partial charge in [-0.25, -0.2) is 0 Å². The minimum absolute atomic E-state index is 0. The van der Waals surface area contributed by atoms with E-state index in [1.54, 1.807) is 31.4 Å². The van der Waals surface area contributed by atoms with Crippen molar-refractivity contribution in [1.82, 2.24) is 16.0 Å². The first-order valence-electron chi connectivity index (χ1n) is 9.06. The van der Waals surface area contributed by atoms with Gasteiger partial charge in [-0.1, -0.05) is 37.3 Å². The smallest absolute Gasteiger partial charge is 0.252 e. The summed E-state index contributed by atoms with van der Waals surface area (Å²) in [4.78, 5) is 25.4. The number of likely N-dealkylation sites (N-methyl/N-ethyl adjacent to an activating group) is 1. The Morgan fingerprint density at radius 1 is 1.04 bits per heavy atom.